The number of fused-ring (bicyclic) bond motifs is 3. The predicted octanol–water partition coefficient (Wildman–Crippen LogP) is 9.04. The fourth-order valence-electron chi connectivity index (χ4n) is 5.33. The molecule has 0 heterocycles. The van der Waals surface area contributed by atoms with Gasteiger partial charge in [-0.2, -0.15) is 0 Å². The lowest BCUT2D eigenvalue weighted by Crippen LogP contribution is -2.15. The molecule has 0 fully saturated rings. The van der Waals surface area contributed by atoms with Gasteiger partial charge in [0.1, 0.15) is 0 Å². The number of benzene rings is 3. The summed E-state index contributed by atoms with van der Waals surface area (Å²) in [6, 6.07) is 20.7. The van der Waals surface area contributed by atoms with Crippen LogP contribution < -0.4 is 0 Å². The highest BCUT2D eigenvalue weighted by atomic mass is 14.3. The second kappa shape index (κ2) is 7.59. The van der Waals surface area contributed by atoms with Crippen LogP contribution in [0.1, 0.15) is 86.9 Å². The normalized spacial score (nSPS) is 15.2. The smallest absolute Gasteiger partial charge is 0.0218 e. The van der Waals surface area contributed by atoms with Crippen LogP contribution in [-0.2, 0) is 10.8 Å². The van der Waals surface area contributed by atoms with Crippen LogP contribution in [0.15, 0.2) is 66.7 Å². The van der Waals surface area contributed by atoms with Crippen molar-refractivity contribution < 1.29 is 0 Å². The lowest BCUT2D eigenvalue weighted by molar-refractivity contribution is 0.588. The number of rotatable bonds is 2. The molecular weight excluding hydrogens is 396 g/mol. The lowest BCUT2D eigenvalue weighted by atomic mass is 9.77. The van der Waals surface area contributed by atoms with Crippen LogP contribution in [-0.4, -0.2) is 0 Å². The summed E-state index contributed by atoms with van der Waals surface area (Å²) in [6.45, 7) is 16.1. The van der Waals surface area contributed by atoms with Gasteiger partial charge >= 0.3 is 0 Å². The summed E-state index contributed by atoms with van der Waals surface area (Å²) in [5, 5.41) is 0. The van der Waals surface area contributed by atoms with E-state index in [-0.39, 0.29) is 10.8 Å². The Labute approximate surface area is 200 Å². The van der Waals surface area contributed by atoms with Gasteiger partial charge in [0, 0.05) is 6.42 Å². The average molecular weight is 432 g/mol. The molecule has 0 spiro atoms. The van der Waals surface area contributed by atoms with Crippen molar-refractivity contribution in [3.63, 3.8) is 0 Å². The molecule has 167 valence electrons. The van der Waals surface area contributed by atoms with Crippen LogP contribution in [0.25, 0.3) is 22.3 Å². The Bertz CT molecular complexity index is 1310. The third kappa shape index (κ3) is 3.80. The minimum atomic E-state index is 0.0663. The van der Waals surface area contributed by atoms with Crippen LogP contribution in [0.3, 0.4) is 0 Å². The molecule has 2 aliphatic rings. The van der Waals surface area contributed by atoms with E-state index in [0.717, 1.165) is 6.42 Å². The molecule has 3 aromatic rings. The van der Waals surface area contributed by atoms with E-state index < -0.39 is 0 Å². The summed E-state index contributed by atoms with van der Waals surface area (Å²) < 4.78 is 0. The van der Waals surface area contributed by atoms with Crippen LogP contribution in [0.5, 0.6) is 0 Å². The standard InChI is InChI=1S/C33H35/c1-21-10-8-11-22(18-21)25-12-9-13-28(25)31-29-20-23-19-24(32(2,3)4)14-15-26(23)27(29)16-17-30(31)33(5,6)7/h8-12,14-20H,13H2,1-7H3. The summed E-state index contributed by atoms with van der Waals surface area (Å²) in [5.74, 6) is 0. The first-order valence-electron chi connectivity index (χ1n) is 12.2. The van der Waals surface area contributed by atoms with Crippen molar-refractivity contribution in [3.8, 4) is 11.1 Å². The molecule has 5 rings (SSSR count). The van der Waals surface area contributed by atoms with Crippen molar-refractivity contribution >= 4 is 11.1 Å². The van der Waals surface area contributed by atoms with Gasteiger partial charge in [-0.15, -0.1) is 0 Å². The van der Waals surface area contributed by atoms with Gasteiger partial charge in [0.05, 0.1) is 0 Å². The monoisotopic (exact) mass is 431 g/mol. The zero-order valence-electron chi connectivity index (χ0n) is 21.1. The lowest BCUT2D eigenvalue weighted by Gasteiger charge is -2.27. The Balaban J connectivity index is 1.74. The number of aryl methyl sites for hydroxylation is 1. The molecule has 0 bridgehead atoms. The third-order valence-corrected chi connectivity index (χ3v) is 7.12. The molecule has 0 aliphatic heterocycles. The fraction of sp³-hybridized carbons (Fsp3) is 0.303. The molecule has 0 amide bonds. The zero-order chi connectivity index (χ0) is 23.5. The number of hydrogen-bond acceptors (Lipinski definition) is 0. The maximum atomic E-state index is 2.45. The molecule has 0 unspecified atom stereocenters. The van der Waals surface area contributed by atoms with Crippen molar-refractivity contribution in [1.82, 2.24) is 0 Å². The first kappa shape index (κ1) is 22.0. The number of allylic oxidation sites excluding steroid dienone is 4. The van der Waals surface area contributed by atoms with Crippen LogP contribution in [0.4, 0.5) is 0 Å². The molecular formula is C33H35. The summed E-state index contributed by atoms with van der Waals surface area (Å²) in [7, 11) is 0. The van der Waals surface area contributed by atoms with E-state index >= 15 is 0 Å². The zero-order valence-corrected chi connectivity index (χ0v) is 21.1. The molecule has 3 aromatic carbocycles. The van der Waals surface area contributed by atoms with Gasteiger partial charge in [-0.1, -0.05) is 114 Å². The molecule has 2 aliphatic carbocycles. The SMILES string of the molecule is Cc1cccc(C2=C(c3c(C(C)(C)C)ccc4c3[CH]c3cc(C(C)(C)C)ccc3-4)CC=C2)c1. The van der Waals surface area contributed by atoms with E-state index in [1.165, 1.54) is 61.2 Å². The molecule has 0 aromatic heterocycles. The highest BCUT2D eigenvalue weighted by Gasteiger charge is 2.31. The van der Waals surface area contributed by atoms with Gasteiger partial charge in [-0.25, -0.2) is 0 Å². The van der Waals surface area contributed by atoms with Crippen LogP contribution in [0, 0.1) is 13.3 Å². The van der Waals surface area contributed by atoms with Crippen molar-refractivity contribution in [1.29, 1.82) is 0 Å². The molecule has 1 radical (unpaired) electrons. The van der Waals surface area contributed by atoms with Gasteiger partial charge in [-0.3, -0.25) is 0 Å². The summed E-state index contributed by atoms with van der Waals surface area (Å²) in [5.41, 5.74) is 15.4. The predicted molar refractivity (Wildman–Crippen MR) is 144 cm³/mol. The number of hydrogen-bond donors (Lipinski definition) is 0. The van der Waals surface area contributed by atoms with Gasteiger partial charge in [-0.05, 0) is 79.8 Å². The van der Waals surface area contributed by atoms with Crippen LogP contribution >= 0.6 is 0 Å². The summed E-state index contributed by atoms with van der Waals surface area (Å²) in [6.07, 6.45) is 8.10. The van der Waals surface area contributed by atoms with Gasteiger partial charge in [0.25, 0.3) is 0 Å². The molecule has 0 saturated heterocycles. The molecule has 0 N–H and O–H groups in total. The van der Waals surface area contributed by atoms with Crippen molar-refractivity contribution in [2.24, 2.45) is 0 Å². The highest BCUT2D eigenvalue weighted by Crippen LogP contribution is 2.49. The van der Waals surface area contributed by atoms with Crippen molar-refractivity contribution in [2.75, 3.05) is 0 Å². The minimum absolute atomic E-state index is 0.0663. The summed E-state index contributed by atoms with van der Waals surface area (Å²) >= 11 is 0. The largest absolute Gasteiger partial charge is 0.0795 e. The Kier molecular flexibility index (Phi) is 5.05. The maximum Gasteiger partial charge on any atom is 0.0218 e. The summed E-state index contributed by atoms with van der Waals surface area (Å²) in [4.78, 5) is 0. The molecule has 0 atom stereocenters. The topological polar surface area (TPSA) is 0 Å². The Morgan fingerprint density at radius 2 is 1.52 bits per heavy atom. The van der Waals surface area contributed by atoms with Crippen molar-refractivity contribution in [2.45, 2.75) is 65.7 Å². The fourth-order valence-corrected chi connectivity index (χ4v) is 5.33. The molecule has 0 saturated carbocycles. The Hall–Kier alpha value is -2.86. The third-order valence-electron chi connectivity index (χ3n) is 7.12. The first-order chi connectivity index (χ1) is 15.5. The second-order valence-corrected chi connectivity index (χ2v) is 11.8. The quantitative estimate of drug-likeness (QED) is 0.297. The van der Waals surface area contributed by atoms with E-state index in [2.05, 4.69) is 122 Å². The van der Waals surface area contributed by atoms with Gasteiger partial charge < -0.3 is 0 Å². The molecule has 0 heteroatoms. The average Bonchev–Trinajstić information content (AvgIpc) is 3.36. The second-order valence-electron chi connectivity index (χ2n) is 11.8. The van der Waals surface area contributed by atoms with E-state index in [0.29, 0.717) is 0 Å². The maximum absolute atomic E-state index is 2.45. The van der Waals surface area contributed by atoms with Gasteiger partial charge in [0.2, 0.25) is 0 Å². The van der Waals surface area contributed by atoms with Gasteiger partial charge in [0.15, 0.2) is 0 Å². The first-order valence-corrected chi connectivity index (χ1v) is 12.2. The van der Waals surface area contributed by atoms with E-state index in [4.69, 9.17) is 0 Å². The van der Waals surface area contributed by atoms with Crippen LogP contribution in [0.2, 0.25) is 0 Å². The van der Waals surface area contributed by atoms with E-state index in [1.54, 1.807) is 0 Å². The molecule has 33 heavy (non-hydrogen) atoms. The van der Waals surface area contributed by atoms with Crippen molar-refractivity contribution in [3.05, 3.63) is 112 Å². The molecule has 0 nitrogen and oxygen atoms in total. The Morgan fingerprint density at radius 3 is 2.21 bits per heavy atom. The highest BCUT2D eigenvalue weighted by molar-refractivity contribution is 6.02. The van der Waals surface area contributed by atoms with E-state index in [1.807, 2.05) is 0 Å². The van der Waals surface area contributed by atoms with E-state index in [9.17, 15) is 0 Å². The Morgan fingerprint density at radius 1 is 0.758 bits per heavy atom. The minimum Gasteiger partial charge on any atom is -0.0795 e.